The largest absolute Gasteiger partial charge is 0.461 e. The van der Waals surface area contributed by atoms with Gasteiger partial charge in [0.1, 0.15) is 29.8 Å². The average molecular weight is 447 g/mol. The highest BCUT2D eigenvalue weighted by Crippen LogP contribution is 2.58. The molecule has 32 heavy (non-hydrogen) atoms. The van der Waals surface area contributed by atoms with Crippen molar-refractivity contribution in [3.63, 3.8) is 0 Å². The van der Waals surface area contributed by atoms with E-state index in [1.54, 1.807) is 15.9 Å². The van der Waals surface area contributed by atoms with Crippen molar-refractivity contribution < 1.29 is 29.0 Å². The monoisotopic (exact) mass is 446 g/mol. The zero-order chi connectivity index (χ0) is 23.1. The lowest BCUT2D eigenvalue weighted by molar-refractivity contribution is -0.159. The van der Waals surface area contributed by atoms with E-state index in [0.717, 1.165) is 6.42 Å². The van der Waals surface area contributed by atoms with Crippen LogP contribution >= 0.6 is 0 Å². The van der Waals surface area contributed by atoms with E-state index >= 15 is 0 Å². The van der Waals surface area contributed by atoms with Gasteiger partial charge in [-0.25, -0.2) is 0 Å². The van der Waals surface area contributed by atoms with Gasteiger partial charge in [-0.15, -0.1) is 0 Å². The number of hydrogen-bond acceptors (Lipinski definition) is 6. The Bertz CT molecular complexity index is 838. The number of likely N-dealkylation sites (tertiary alicyclic amines) is 1. The number of cyclic esters (lactones) is 1. The molecular formula is C24H34N2O6. The standard InChI is InChI=1S/C24H34N2O6/c1-4-23-10-9-15-31-22(30)18(23)17-20(28)26(12-6-5-7-14-27)19-21(29)25(16(2)3)13-8-11-24(17,19)32-23/h8-11,16-19,27H,4-7,12-15H2,1-3H3/t17-,18-,19?,23+,24-/m0/s1. The van der Waals surface area contributed by atoms with Gasteiger partial charge in [0.2, 0.25) is 11.8 Å². The summed E-state index contributed by atoms with van der Waals surface area (Å²) in [5.41, 5.74) is -2.19. The quantitative estimate of drug-likeness (QED) is 0.361. The van der Waals surface area contributed by atoms with Crippen LogP contribution in [0, 0.1) is 11.8 Å². The molecular weight excluding hydrogens is 412 g/mol. The Labute approximate surface area is 189 Å². The summed E-state index contributed by atoms with van der Waals surface area (Å²) >= 11 is 0. The minimum atomic E-state index is -1.21. The molecule has 1 N–H and O–H groups in total. The number of rotatable bonds is 7. The summed E-state index contributed by atoms with van der Waals surface area (Å²) in [6.07, 6.45) is 9.94. The number of carbonyl (C=O) groups excluding carboxylic acids is 3. The highest BCUT2D eigenvalue weighted by molar-refractivity contribution is 5.99. The molecule has 0 bridgehead atoms. The van der Waals surface area contributed by atoms with Crippen molar-refractivity contribution >= 4 is 17.8 Å². The molecule has 8 heteroatoms. The van der Waals surface area contributed by atoms with Crippen LogP contribution in [0.2, 0.25) is 0 Å². The number of hydrogen-bond donors (Lipinski definition) is 1. The summed E-state index contributed by atoms with van der Waals surface area (Å²) in [5.74, 6) is -2.43. The van der Waals surface area contributed by atoms with Crippen LogP contribution in [0.4, 0.5) is 0 Å². The zero-order valence-corrected chi connectivity index (χ0v) is 19.2. The van der Waals surface area contributed by atoms with Crippen LogP contribution in [0.5, 0.6) is 0 Å². The summed E-state index contributed by atoms with van der Waals surface area (Å²) in [6, 6.07) is -0.864. The molecule has 4 aliphatic heterocycles. The van der Waals surface area contributed by atoms with Crippen LogP contribution in [-0.2, 0) is 23.9 Å². The molecule has 1 spiro atoms. The Balaban J connectivity index is 1.81. The number of carbonyl (C=O) groups is 3. The minimum absolute atomic E-state index is 0.0374. The van der Waals surface area contributed by atoms with Gasteiger partial charge in [0.25, 0.3) is 0 Å². The van der Waals surface area contributed by atoms with Crippen LogP contribution in [0.15, 0.2) is 24.3 Å². The average Bonchev–Trinajstić information content (AvgIpc) is 3.03. The van der Waals surface area contributed by atoms with Gasteiger partial charge in [-0.2, -0.15) is 0 Å². The molecule has 0 aromatic heterocycles. The van der Waals surface area contributed by atoms with Crippen LogP contribution < -0.4 is 0 Å². The molecule has 4 heterocycles. The predicted octanol–water partition coefficient (Wildman–Crippen LogP) is 1.43. The number of esters is 1. The Hall–Kier alpha value is -2.19. The molecule has 2 amide bonds. The lowest BCUT2D eigenvalue weighted by Gasteiger charge is -2.39. The summed E-state index contributed by atoms with van der Waals surface area (Å²) in [6.45, 7) is 6.90. The van der Waals surface area contributed by atoms with Gasteiger partial charge >= 0.3 is 5.97 Å². The molecule has 176 valence electrons. The van der Waals surface area contributed by atoms with Crippen molar-refractivity contribution in [1.82, 2.24) is 9.80 Å². The van der Waals surface area contributed by atoms with E-state index in [4.69, 9.17) is 14.6 Å². The first kappa shape index (κ1) is 23.0. The Morgan fingerprint density at radius 2 is 1.88 bits per heavy atom. The van der Waals surface area contributed by atoms with Crippen molar-refractivity contribution in [2.45, 2.75) is 69.7 Å². The fraction of sp³-hybridized carbons (Fsp3) is 0.708. The number of nitrogens with zero attached hydrogens (tertiary/aromatic N) is 2. The zero-order valence-electron chi connectivity index (χ0n) is 19.2. The molecule has 8 nitrogen and oxygen atoms in total. The van der Waals surface area contributed by atoms with E-state index in [2.05, 4.69) is 0 Å². The van der Waals surface area contributed by atoms with E-state index in [-0.39, 0.29) is 31.1 Å². The Kier molecular flexibility index (Phi) is 6.20. The number of aliphatic hydroxyl groups excluding tert-OH is 1. The number of amides is 2. The van der Waals surface area contributed by atoms with Crippen LogP contribution in [0.25, 0.3) is 0 Å². The summed E-state index contributed by atoms with van der Waals surface area (Å²) in [5, 5.41) is 9.12. The summed E-state index contributed by atoms with van der Waals surface area (Å²) in [4.78, 5) is 44.2. The lowest BCUT2D eigenvalue weighted by Crippen LogP contribution is -2.57. The van der Waals surface area contributed by atoms with Crippen molar-refractivity contribution in [2.24, 2.45) is 11.8 Å². The van der Waals surface area contributed by atoms with Crippen LogP contribution in [-0.4, -0.2) is 82.3 Å². The second-order valence-corrected chi connectivity index (χ2v) is 9.46. The minimum Gasteiger partial charge on any atom is -0.461 e. The smallest absolute Gasteiger partial charge is 0.313 e. The van der Waals surface area contributed by atoms with Gasteiger partial charge < -0.3 is 24.4 Å². The van der Waals surface area contributed by atoms with Crippen molar-refractivity contribution in [2.75, 3.05) is 26.3 Å². The predicted molar refractivity (Wildman–Crippen MR) is 116 cm³/mol. The Morgan fingerprint density at radius 3 is 2.56 bits per heavy atom. The highest BCUT2D eigenvalue weighted by atomic mass is 16.6. The molecule has 0 aromatic carbocycles. The number of ether oxygens (including phenoxy) is 2. The molecule has 0 aliphatic carbocycles. The van der Waals surface area contributed by atoms with E-state index in [1.807, 2.05) is 39.0 Å². The summed E-state index contributed by atoms with van der Waals surface area (Å²) in [7, 11) is 0. The first-order chi connectivity index (χ1) is 15.3. The van der Waals surface area contributed by atoms with Crippen molar-refractivity contribution in [3.05, 3.63) is 24.3 Å². The maximum Gasteiger partial charge on any atom is 0.313 e. The van der Waals surface area contributed by atoms with Gasteiger partial charge in [0.15, 0.2) is 0 Å². The molecule has 4 aliphatic rings. The maximum atomic E-state index is 13.9. The molecule has 0 radical (unpaired) electrons. The topological polar surface area (TPSA) is 96.4 Å². The van der Waals surface area contributed by atoms with Crippen molar-refractivity contribution in [1.29, 1.82) is 0 Å². The number of unbranched alkanes of at least 4 members (excludes halogenated alkanes) is 2. The second kappa shape index (κ2) is 8.63. The first-order valence-electron chi connectivity index (χ1n) is 11.8. The van der Waals surface area contributed by atoms with Crippen LogP contribution in [0.1, 0.15) is 46.5 Å². The van der Waals surface area contributed by atoms with Gasteiger partial charge in [0.05, 0.1) is 5.92 Å². The second-order valence-electron chi connectivity index (χ2n) is 9.46. The highest BCUT2D eigenvalue weighted by Gasteiger charge is 2.75. The fourth-order valence-electron chi connectivity index (χ4n) is 5.89. The molecule has 4 rings (SSSR count). The third-order valence-electron chi connectivity index (χ3n) is 7.41. The van der Waals surface area contributed by atoms with E-state index in [0.29, 0.717) is 32.4 Å². The fourth-order valence-corrected chi connectivity index (χ4v) is 5.89. The Morgan fingerprint density at radius 1 is 1.09 bits per heavy atom. The van der Waals surface area contributed by atoms with Crippen LogP contribution in [0.3, 0.4) is 0 Å². The normalized spacial score (nSPS) is 36.2. The SMILES string of the molecule is CC[C@@]12C=CCOC(=O)[C@@H]1[C@H]1C(=O)N(CCCCCO)C3C(=O)N(C(C)C)CC=C[C@@]31O2. The van der Waals surface area contributed by atoms with Gasteiger partial charge in [-0.1, -0.05) is 25.2 Å². The van der Waals surface area contributed by atoms with E-state index in [9.17, 15) is 14.4 Å². The lowest BCUT2D eigenvalue weighted by atomic mass is 9.73. The van der Waals surface area contributed by atoms with Gasteiger partial charge in [-0.05, 0) is 45.6 Å². The van der Waals surface area contributed by atoms with Crippen molar-refractivity contribution in [3.8, 4) is 0 Å². The molecule has 5 atom stereocenters. The maximum absolute atomic E-state index is 13.9. The third-order valence-corrected chi connectivity index (χ3v) is 7.41. The molecule has 0 aromatic rings. The van der Waals surface area contributed by atoms with E-state index in [1.165, 1.54) is 0 Å². The molecule has 1 unspecified atom stereocenters. The molecule has 2 saturated heterocycles. The van der Waals surface area contributed by atoms with Gasteiger partial charge in [0, 0.05) is 25.7 Å². The van der Waals surface area contributed by atoms with Gasteiger partial charge in [-0.3, -0.25) is 14.4 Å². The summed E-state index contributed by atoms with van der Waals surface area (Å²) < 4.78 is 12.2. The molecule has 0 saturated carbocycles. The first-order valence-corrected chi connectivity index (χ1v) is 11.8. The van der Waals surface area contributed by atoms with E-state index < -0.39 is 35.0 Å². The number of aliphatic hydroxyl groups is 1. The third kappa shape index (κ3) is 3.30. The number of fused-ring (bicyclic) bond motifs is 2. The molecule has 2 fully saturated rings.